The Morgan fingerprint density at radius 3 is 2.76 bits per heavy atom. The second-order valence-corrected chi connectivity index (χ2v) is 7.29. The van der Waals surface area contributed by atoms with E-state index in [0.29, 0.717) is 19.1 Å². The molecule has 0 spiro atoms. The van der Waals surface area contributed by atoms with Crippen LogP contribution in [0.25, 0.3) is 0 Å². The molecule has 6 heteroatoms. The van der Waals surface area contributed by atoms with E-state index in [4.69, 9.17) is 14.5 Å². The van der Waals surface area contributed by atoms with E-state index in [2.05, 4.69) is 17.1 Å². The first kappa shape index (κ1) is 21.1. The van der Waals surface area contributed by atoms with Crippen LogP contribution < -0.4 is 10.1 Å². The second-order valence-electron chi connectivity index (χ2n) is 7.29. The topological polar surface area (TPSA) is 46.1 Å². The minimum Gasteiger partial charge on any atom is -0.489 e. The lowest BCUT2D eigenvalue weighted by molar-refractivity contribution is 0.157. The number of nitrogens with zero attached hydrogens (tertiary/aromatic N) is 2. The highest BCUT2D eigenvalue weighted by Crippen LogP contribution is 2.18. The molecular formula is C23H30FN3O2. The number of methoxy groups -OCH3 is 1. The molecule has 1 fully saturated rings. The van der Waals surface area contributed by atoms with Crippen LogP contribution in [0.1, 0.15) is 24.5 Å². The van der Waals surface area contributed by atoms with Gasteiger partial charge in [0.05, 0.1) is 13.2 Å². The monoisotopic (exact) mass is 399 g/mol. The quantitative estimate of drug-likeness (QED) is 0.541. The molecule has 1 N–H and O–H groups in total. The van der Waals surface area contributed by atoms with Crippen molar-refractivity contribution in [2.45, 2.75) is 26.5 Å². The van der Waals surface area contributed by atoms with Gasteiger partial charge in [0.15, 0.2) is 5.96 Å². The summed E-state index contributed by atoms with van der Waals surface area (Å²) in [5.41, 5.74) is 1.93. The number of aliphatic imine (C=N–C) groups is 1. The molecule has 2 aromatic rings. The summed E-state index contributed by atoms with van der Waals surface area (Å²) < 4.78 is 24.3. The smallest absolute Gasteiger partial charge is 0.194 e. The van der Waals surface area contributed by atoms with Crippen molar-refractivity contribution in [2.75, 3.05) is 33.4 Å². The Hall–Kier alpha value is -2.60. The van der Waals surface area contributed by atoms with Crippen molar-refractivity contribution < 1.29 is 13.9 Å². The predicted octanol–water partition coefficient (Wildman–Crippen LogP) is 3.84. The average molecular weight is 400 g/mol. The fraction of sp³-hybridized carbons (Fsp3) is 0.435. The molecular weight excluding hydrogens is 369 g/mol. The first-order valence-electron chi connectivity index (χ1n) is 10.2. The molecule has 2 aromatic carbocycles. The molecule has 1 saturated heterocycles. The Bertz CT molecular complexity index is 795. The number of ether oxygens (including phenoxy) is 2. The van der Waals surface area contributed by atoms with Crippen LogP contribution in [0.3, 0.4) is 0 Å². The normalized spacial score (nSPS) is 16.9. The summed E-state index contributed by atoms with van der Waals surface area (Å²) in [6, 6.07) is 14.4. The van der Waals surface area contributed by atoms with Crippen molar-refractivity contribution in [3.05, 3.63) is 65.5 Å². The highest BCUT2D eigenvalue weighted by atomic mass is 19.1. The van der Waals surface area contributed by atoms with Gasteiger partial charge in [-0.1, -0.05) is 24.3 Å². The first-order valence-corrected chi connectivity index (χ1v) is 10.2. The van der Waals surface area contributed by atoms with E-state index in [-0.39, 0.29) is 5.82 Å². The Balaban J connectivity index is 1.54. The van der Waals surface area contributed by atoms with Crippen LogP contribution in [0.15, 0.2) is 53.5 Å². The Labute approximate surface area is 172 Å². The molecule has 1 unspecified atom stereocenters. The average Bonchev–Trinajstić information content (AvgIpc) is 3.19. The number of hydrogen-bond donors (Lipinski definition) is 1. The number of benzene rings is 2. The van der Waals surface area contributed by atoms with Crippen LogP contribution in [0.4, 0.5) is 4.39 Å². The van der Waals surface area contributed by atoms with Gasteiger partial charge in [-0.05, 0) is 48.7 Å². The van der Waals surface area contributed by atoms with E-state index in [1.807, 2.05) is 30.3 Å². The van der Waals surface area contributed by atoms with Crippen molar-refractivity contribution in [3.63, 3.8) is 0 Å². The third kappa shape index (κ3) is 6.46. The van der Waals surface area contributed by atoms with Crippen molar-refractivity contribution in [1.82, 2.24) is 10.2 Å². The summed E-state index contributed by atoms with van der Waals surface area (Å²) in [5, 5.41) is 3.39. The van der Waals surface area contributed by atoms with E-state index in [1.165, 1.54) is 12.1 Å². The molecule has 0 bridgehead atoms. The molecule has 5 nitrogen and oxygen atoms in total. The fourth-order valence-corrected chi connectivity index (χ4v) is 3.47. The van der Waals surface area contributed by atoms with Gasteiger partial charge in [-0.3, -0.25) is 0 Å². The summed E-state index contributed by atoms with van der Waals surface area (Å²) in [7, 11) is 1.76. The zero-order valence-corrected chi connectivity index (χ0v) is 17.2. The lowest BCUT2D eigenvalue weighted by Gasteiger charge is -2.21. The zero-order chi connectivity index (χ0) is 20.5. The third-order valence-electron chi connectivity index (χ3n) is 4.95. The van der Waals surface area contributed by atoms with Gasteiger partial charge in [0.1, 0.15) is 18.2 Å². The minimum atomic E-state index is -0.248. The van der Waals surface area contributed by atoms with Gasteiger partial charge in [-0.15, -0.1) is 0 Å². The number of nitrogens with one attached hydrogen (secondary N) is 1. The van der Waals surface area contributed by atoms with Crippen LogP contribution in [0.2, 0.25) is 0 Å². The second kappa shape index (κ2) is 10.8. The summed E-state index contributed by atoms with van der Waals surface area (Å²) >= 11 is 0. The van der Waals surface area contributed by atoms with Gasteiger partial charge >= 0.3 is 0 Å². The molecule has 0 aromatic heterocycles. The molecule has 3 rings (SSSR count). The number of hydrogen-bond acceptors (Lipinski definition) is 3. The minimum absolute atomic E-state index is 0.248. The number of rotatable bonds is 8. The van der Waals surface area contributed by atoms with E-state index in [1.54, 1.807) is 13.2 Å². The van der Waals surface area contributed by atoms with Gasteiger partial charge in [-0.2, -0.15) is 0 Å². The van der Waals surface area contributed by atoms with Crippen molar-refractivity contribution in [1.29, 1.82) is 0 Å². The van der Waals surface area contributed by atoms with Gasteiger partial charge < -0.3 is 19.7 Å². The molecule has 0 aliphatic carbocycles. The lowest BCUT2D eigenvalue weighted by atomic mass is 10.1. The fourth-order valence-electron chi connectivity index (χ4n) is 3.47. The number of guanidine groups is 1. The number of halogens is 1. The highest BCUT2D eigenvalue weighted by Gasteiger charge is 2.24. The number of likely N-dealkylation sites (tertiary alicyclic amines) is 1. The maximum absolute atomic E-state index is 13.2. The van der Waals surface area contributed by atoms with Gasteiger partial charge in [0, 0.05) is 32.7 Å². The largest absolute Gasteiger partial charge is 0.489 e. The Morgan fingerprint density at radius 1 is 1.21 bits per heavy atom. The molecule has 156 valence electrons. The van der Waals surface area contributed by atoms with Crippen LogP contribution in [0, 0.1) is 11.7 Å². The zero-order valence-electron chi connectivity index (χ0n) is 17.2. The van der Waals surface area contributed by atoms with Crippen molar-refractivity contribution >= 4 is 5.96 Å². The van der Waals surface area contributed by atoms with E-state index in [9.17, 15) is 4.39 Å². The maximum atomic E-state index is 13.2. The van der Waals surface area contributed by atoms with Gasteiger partial charge in [0.2, 0.25) is 0 Å². The van der Waals surface area contributed by atoms with E-state index >= 15 is 0 Å². The van der Waals surface area contributed by atoms with Gasteiger partial charge in [0.25, 0.3) is 0 Å². The molecule has 1 heterocycles. The molecule has 0 radical (unpaired) electrons. The summed E-state index contributed by atoms with van der Waals surface area (Å²) in [4.78, 5) is 7.11. The molecule has 1 aliphatic rings. The Kier molecular flexibility index (Phi) is 7.87. The van der Waals surface area contributed by atoms with Crippen LogP contribution >= 0.6 is 0 Å². The summed E-state index contributed by atoms with van der Waals surface area (Å²) in [6.45, 7) is 6.67. The van der Waals surface area contributed by atoms with Gasteiger partial charge in [-0.25, -0.2) is 9.38 Å². The van der Waals surface area contributed by atoms with Crippen LogP contribution in [0.5, 0.6) is 5.75 Å². The van der Waals surface area contributed by atoms with E-state index in [0.717, 1.165) is 55.5 Å². The van der Waals surface area contributed by atoms with Crippen molar-refractivity contribution in [2.24, 2.45) is 10.9 Å². The predicted molar refractivity (Wildman–Crippen MR) is 114 cm³/mol. The highest BCUT2D eigenvalue weighted by molar-refractivity contribution is 5.80. The van der Waals surface area contributed by atoms with Crippen molar-refractivity contribution in [3.8, 4) is 5.75 Å². The molecule has 1 aliphatic heterocycles. The molecule has 0 saturated carbocycles. The SMILES string of the molecule is CCNC(=NCc1ccc(OCc2cccc(F)c2)cc1)N1CCC(COC)C1. The molecule has 0 amide bonds. The van der Waals surface area contributed by atoms with E-state index < -0.39 is 0 Å². The molecule has 1 atom stereocenters. The Morgan fingerprint density at radius 2 is 2.03 bits per heavy atom. The lowest BCUT2D eigenvalue weighted by Crippen LogP contribution is -2.40. The molecule has 29 heavy (non-hydrogen) atoms. The first-order chi connectivity index (χ1) is 14.2. The summed E-state index contributed by atoms with van der Waals surface area (Å²) in [5.74, 6) is 2.04. The maximum Gasteiger partial charge on any atom is 0.194 e. The third-order valence-corrected chi connectivity index (χ3v) is 4.95. The summed E-state index contributed by atoms with van der Waals surface area (Å²) in [6.07, 6.45) is 1.13. The van der Waals surface area contributed by atoms with Crippen LogP contribution in [-0.2, 0) is 17.9 Å². The van der Waals surface area contributed by atoms with Crippen LogP contribution in [-0.4, -0.2) is 44.2 Å². The standard InChI is InChI=1S/C23H30FN3O2/c1-3-25-23(27-12-11-20(15-27)16-28-2)26-14-18-7-9-22(10-8-18)29-17-19-5-4-6-21(24)13-19/h4-10,13,20H,3,11-12,14-17H2,1-2H3,(H,25,26).